The van der Waals surface area contributed by atoms with Crippen molar-refractivity contribution in [3.8, 4) is 0 Å². The monoisotopic (exact) mass is 1020 g/mol. The zero-order valence-corrected chi connectivity index (χ0v) is 49.6. The Kier molecular flexibility index (Phi) is 48.8. The van der Waals surface area contributed by atoms with Gasteiger partial charge in [0.1, 0.15) is 0 Å². The fraction of sp³-hybridized carbons (Fsp3) is 0.735. The van der Waals surface area contributed by atoms with Gasteiger partial charge in [-0.2, -0.15) is 12.8 Å². The van der Waals surface area contributed by atoms with Gasteiger partial charge in [0.2, 0.25) is 11.4 Å². The van der Waals surface area contributed by atoms with Gasteiger partial charge in [0.05, 0.1) is 0 Å². The zero-order chi connectivity index (χ0) is 51.1. The minimum absolute atomic E-state index is 0. The van der Waals surface area contributed by atoms with Gasteiger partial charge >= 0.3 is 16.5 Å². The maximum Gasteiger partial charge on any atom is 2.00 e. The summed E-state index contributed by atoms with van der Waals surface area (Å²) in [6.45, 7) is 23.6. The molecule has 3 rings (SSSR count). The van der Waals surface area contributed by atoms with E-state index in [1.54, 1.807) is 0 Å². The molecule has 1 aliphatic heterocycles. The van der Waals surface area contributed by atoms with E-state index in [1.165, 1.54) is 256 Å². The molecule has 1 aliphatic rings. The molecule has 0 fully saturated rings. The normalized spacial score (nSPS) is 12.1. The molecule has 0 unspecified atom stereocenters. The number of benzene rings is 2. The summed E-state index contributed by atoms with van der Waals surface area (Å²) in [5.74, 6) is 0. The van der Waals surface area contributed by atoms with Crippen LogP contribution in [0.15, 0.2) is 48.0 Å². The van der Waals surface area contributed by atoms with Crippen molar-refractivity contribution >= 4 is 11.4 Å². The number of rotatable bonds is 43. The molecule has 0 atom stereocenters. The SMILES string of the molecule is CCCCC1=C(c2cc(CCCC)cc(CCCC)c2)[N+](=[N-])C(c2cc(CCCC)cc(CCCC)c2)=C1.[CH2-]CCCCCCCCCCCCCCC.[CH2-]CCCCCCCCCCCCCCC.[Ni+2]. The molecule has 71 heavy (non-hydrogen) atoms. The fourth-order valence-corrected chi connectivity index (χ4v) is 9.92. The van der Waals surface area contributed by atoms with Gasteiger partial charge in [0.25, 0.3) is 0 Å². The van der Waals surface area contributed by atoms with Gasteiger partial charge in [-0.1, -0.05) is 260 Å². The quantitative estimate of drug-likeness (QED) is 0.0274. The molecule has 0 saturated heterocycles. The average molecular weight is 1020 g/mol. The number of hydrogen-bond donors (Lipinski definition) is 0. The number of aryl methyl sites for hydroxylation is 4. The molecule has 0 saturated carbocycles. The van der Waals surface area contributed by atoms with Crippen LogP contribution in [0.4, 0.5) is 0 Å². The van der Waals surface area contributed by atoms with Gasteiger partial charge in [-0.15, -0.1) is 0 Å². The number of allylic oxidation sites excluding steroid dienone is 2. The van der Waals surface area contributed by atoms with Gasteiger partial charge < -0.3 is 19.4 Å². The van der Waals surface area contributed by atoms with Gasteiger partial charge in [-0.05, 0) is 111 Å². The van der Waals surface area contributed by atoms with Gasteiger partial charge in [0, 0.05) is 22.8 Å². The van der Waals surface area contributed by atoms with Crippen molar-refractivity contribution in [2.75, 3.05) is 0 Å². The summed E-state index contributed by atoms with van der Waals surface area (Å²) in [7, 11) is 0. The van der Waals surface area contributed by atoms with Crippen LogP contribution in [0, 0.1) is 13.8 Å². The van der Waals surface area contributed by atoms with Crippen molar-refractivity contribution in [2.24, 2.45) is 0 Å². The average Bonchev–Trinajstić information content (AvgIpc) is 3.71. The molecule has 1 heterocycles. The number of unbranched alkanes of at least 4 members (excludes halogenated alkanes) is 31. The maximum absolute atomic E-state index is 11.8. The summed E-state index contributed by atoms with van der Waals surface area (Å²) in [6.07, 6.45) is 59.3. The summed E-state index contributed by atoms with van der Waals surface area (Å²) in [4.78, 5) is 0. The first-order chi connectivity index (χ1) is 34.4. The zero-order valence-electron chi connectivity index (χ0n) is 48.6. The first-order valence-electron chi connectivity index (χ1n) is 31.2. The van der Waals surface area contributed by atoms with E-state index in [1.807, 2.05) is 0 Å². The van der Waals surface area contributed by atoms with Crippen LogP contribution in [0.25, 0.3) is 16.9 Å². The van der Waals surface area contributed by atoms with Crippen molar-refractivity contribution in [1.82, 2.24) is 0 Å². The van der Waals surface area contributed by atoms with E-state index in [4.69, 9.17) is 0 Å². The number of nitrogens with zero attached hydrogens (tertiary/aromatic N) is 2. The van der Waals surface area contributed by atoms with Crippen LogP contribution in [-0.4, -0.2) is 4.70 Å². The Morgan fingerprint density at radius 2 is 0.577 bits per heavy atom. The molecule has 0 spiro atoms. The second-order valence-corrected chi connectivity index (χ2v) is 21.5. The minimum atomic E-state index is 0. The van der Waals surface area contributed by atoms with Crippen LogP contribution < -0.4 is 0 Å². The molecule has 2 aromatic rings. The third-order valence-electron chi connectivity index (χ3n) is 14.5. The number of hydrogen-bond acceptors (Lipinski definition) is 0. The molecule has 0 aliphatic carbocycles. The molecule has 0 amide bonds. The molecule has 2 aromatic carbocycles. The fourth-order valence-electron chi connectivity index (χ4n) is 9.92. The Labute approximate surface area is 455 Å². The van der Waals surface area contributed by atoms with Crippen LogP contribution in [0.5, 0.6) is 0 Å². The molecule has 0 bridgehead atoms. The topological polar surface area (TPSA) is 25.3 Å². The van der Waals surface area contributed by atoms with Crippen LogP contribution in [0.3, 0.4) is 0 Å². The van der Waals surface area contributed by atoms with Crippen LogP contribution in [-0.2, 0) is 42.2 Å². The Morgan fingerprint density at radius 1 is 0.324 bits per heavy atom. The van der Waals surface area contributed by atoms with Gasteiger partial charge in [-0.25, -0.2) is 4.70 Å². The standard InChI is InChI=1S/C36H52N2.2C16H33.Ni/c1-6-11-16-28-21-29(17-12-7-2)24-33(23-28)35-27-32(20-15-10-5)36(38(35)37)34-25-30(18-13-8-3)22-31(26-34)19-14-9-4;2*1-3-5-7-9-11-13-15-16-14-12-10-8-6-4-2;/h21-27H,6-20H2,1-5H3;2*1,3-16H2,2H3;/q;2*-1;+2. The largest absolute Gasteiger partial charge is 2.00 e. The molecule has 2 nitrogen and oxygen atoms in total. The van der Waals surface area contributed by atoms with E-state index >= 15 is 0 Å². The van der Waals surface area contributed by atoms with Gasteiger partial charge in [0.15, 0.2) is 0 Å². The first-order valence-corrected chi connectivity index (χ1v) is 31.2. The summed E-state index contributed by atoms with van der Waals surface area (Å²) >= 11 is 0. The molecule has 0 N–H and O–H groups in total. The smallest absolute Gasteiger partial charge is 0.493 e. The van der Waals surface area contributed by atoms with Crippen molar-refractivity contribution in [1.29, 1.82) is 0 Å². The van der Waals surface area contributed by atoms with Crippen LogP contribution in [0.2, 0.25) is 0 Å². The van der Waals surface area contributed by atoms with E-state index in [2.05, 4.69) is 105 Å². The third kappa shape index (κ3) is 35.0. The molecule has 410 valence electrons. The van der Waals surface area contributed by atoms with Gasteiger partial charge in [-0.3, -0.25) is 0 Å². The van der Waals surface area contributed by atoms with Crippen LogP contribution in [0.1, 0.15) is 332 Å². The van der Waals surface area contributed by atoms with Crippen molar-refractivity contribution < 1.29 is 21.2 Å². The Balaban J connectivity index is 0.00000123. The summed E-state index contributed by atoms with van der Waals surface area (Å²) in [6, 6.07) is 14.1. The van der Waals surface area contributed by atoms with E-state index in [-0.39, 0.29) is 16.5 Å². The predicted molar refractivity (Wildman–Crippen MR) is 317 cm³/mol. The van der Waals surface area contributed by atoms with E-state index in [9.17, 15) is 5.53 Å². The third-order valence-corrected chi connectivity index (χ3v) is 14.5. The second-order valence-electron chi connectivity index (χ2n) is 21.5. The molecule has 3 heteroatoms. The summed E-state index contributed by atoms with van der Waals surface area (Å²) in [5, 5.41) is 0. The maximum atomic E-state index is 11.8. The first kappa shape index (κ1) is 69.0. The van der Waals surface area contributed by atoms with Crippen molar-refractivity contribution in [2.45, 2.75) is 325 Å². The predicted octanol–water partition coefficient (Wildman–Crippen LogP) is 23.6. The van der Waals surface area contributed by atoms with E-state index < -0.39 is 0 Å². The van der Waals surface area contributed by atoms with Crippen LogP contribution >= 0.6 is 0 Å². The Hall–Kier alpha value is -1.99. The minimum Gasteiger partial charge on any atom is -0.493 e. The van der Waals surface area contributed by atoms with E-state index in [0.29, 0.717) is 0 Å². The van der Waals surface area contributed by atoms with Crippen molar-refractivity contribution in [3.63, 3.8) is 0 Å². The second kappa shape index (κ2) is 50.2. The summed E-state index contributed by atoms with van der Waals surface area (Å²) in [5.41, 5.74) is 23.0. The molecular formula is C68H118N2Ni. The molecule has 0 radical (unpaired) electrons. The Morgan fingerprint density at radius 3 is 0.859 bits per heavy atom. The summed E-state index contributed by atoms with van der Waals surface area (Å²) < 4.78 is 1.52. The molecule has 0 aromatic heterocycles. The van der Waals surface area contributed by atoms with E-state index in [0.717, 1.165) is 74.7 Å². The van der Waals surface area contributed by atoms with Crippen molar-refractivity contribution in [3.05, 3.63) is 101 Å². The Bertz CT molecular complexity index is 1470. The molecular weight excluding hydrogens is 903 g/mol.